The maximum atomic E-state index is 13.5. The summed E-state index contributed by atoms with van der Waals surface area (Å²) in [6, 6.07) is 5.86. The van der Waals surface area contributed by atoms with Crippen molar-refractivity contribution in [3.8, 4) is 10.4 Å². The molecule has 16 heteroatoms. The number of aryl methyl sites for hydroxylation is 1. The molecule has 224 valence electrons. The quantitative estimate of drug-likeness (QED) is 0.387. The van der Waals surface area contributed by atoms with Crippen LogP contribution in [0.25, 0.3) is 10.4 Å². The Balaban J connectivity index is 1.50. The van der Waals surface area contributed by atoms with E-state index in [1.807, 2.05) is 0 Å². The number of hydrogen-bond acceptors (Lipinski definition) is 9. The molecule has 2 amide bonds. The number of pyridine rings is 1. The number of thiazole rings is 1. The molecule has 1 fully saturated rings. The summed E-state index contributed by atoms with van der Waals surface area (Å²) in [6.45, 7) is 4.50. The summed E-state index contributed by atoms with van der Waals surface area (Å²) in [5, 5.41) is 3.52. The van der Waals surface area contributed by atoms with Crippen LogP contribution in [0.5, 0.6) is 0 Å². The summed E-state index contributed by atoms with van der Waals surface area (Å²) in [6.07, 6.45) is -4.68. The lowest BCUT2D eigenvalue weighted by Gasteiger charge is -2.26. The molecule has 0 saturated carbocycles. The number of sulfonamides is 1. The topological polar surface area (TPSA) is 134 Å². The number of nitrogens with one attached hydrogen (secondary N) is 2. The van der Waals surface area contributed by atoms with Gasteiger partial charge in [-0.15, -0.1) is 0 Å². The van der Waals surface area contributed by atoms with Gasteiger partial charge in [-0.3, -0.25) is 14.5 Å². The van der Waals surface area contributed by atoms with Gasteiger partial charge in [-0.2, -0.15) is 13.2 Å². The molecule has 2 aliphatic heterocycles. The standard InChI is InChI=1S/C26H27F3N6O5S2/c1-4-30-42(38,39)18-11-16(10-17-12-35(24(37)22(17)18)15(3)26(27,28)29)23-14(2)31-25(41-23)33-19-6-5-7-20(32-19)34-8-9-40-13-21(34)36/h5-7,10-11,15,30H,4,8-9,12-13H2,1-3H3,(H,31,32,33)/t15-/m0/s1. The Labute approximate surface area is 243 Å². The van der Waals surface area contributed by atoms with Crippen LogP contribution in [0.4, 0.5) is 29.9 Å². The van der Waals surface area contributed by atoms with Crippen LogP contribution in [0.3, 0.4) is 0 Å². The Bertz CT molecular complexity index is 1660. The Kier molecular flexibility index (Phi) is 8.00. The van der Waals surface area contributed by atoms with Crippen LogP contribution < -0.4 is 14.9 Å². The number of carbonyl (C=O) groups excluding carboxylic acids is 2. The minimum Gasteiger partial charge on any atom is -0.370 e. The number of carbonyl (C=O) groups is 2. The van der Waals surface area contributed by atoms with E-state index in [9.17, 15) is 31.2 Å². The maximum Gasteiger partial charge on any atom is 0.408 e. The Morgan fingerprint density at radius 2 is 1.95 bits per heavy atom. The first kappa shape index (κ1) is 29.9. The average Bonchev–Trinajstić information content (AvgIpc) is 3.46. The highest BCUT2D eigenvalue weighted by molar-refractivity contribution is 7.89. The van der Waals surface area contributed by atoms with Gasteiger partial charge in [0.25, 0.3) is 11.8 Å². The van der Waals surface area contributed by atoms with Crippen molar-refractivity contribution in [1.82, 2.24) is 19.6 Å². The van der Waals surface area contributed by atoms with E-state index in [0.717, 1.165) is 6.92 Å². The molecule has 4 heterocycles. The Hall–Kier alpha value is -3.60. The van der Waals surface area contributed by atoms with E-state index in [2.05, 4.69) is 20.0 Å². The minimum atomic E-state index is -4.68. The molecular formula is C26H27F3N6O5S2. The van der Waals surface area contributed by atoms with Crippen molar-refractivity contribution in [3.63, 3.8) is 0 Å². The third-order valence-electron chi connectivity index (χ3n) is 6.85. The molecule has 2 aliphatic rings. The number of benzene rings is 1. The first-order valence-electron chi connectivity index (χ1n) is 12.9. The molecule has 11 nitrogen and oxygen atoms in total. The van der Waals surface area contributed by atoms with E-state index in [1.165, 1.54) is 28.4 Å². The van der Waals surface area contributed by atoms with E-state index >= 15 is 0 Å². The van der Waals surface area contributed by atoms with Gasteiger partial charge in [0, 0.05) is 13.1 Å². The number of anilines is 3. The minimum absolute atomic E-state index is 0.0218. The number of nitrogens with zero attached hydrogens (tertiary/aromatic N) is 4. The molecule has 0 aliphatic carbocycles. The summed E-state index contributed by atoms with van der Waals surface area (Å²) in [4.78, 5) is 36.7. The molecule has 0 radical (unpaired) electrons. The predicted octanol–water partition coefficient (Wildman–Crippen LogP) is 3.83. The highest BCUT2D eigenvalue weighted by atomic mass is 32.2. The average molecular weight is 625 g/mol. The molecule has 1 aromatic carbocycles. The zero-order valence-electron chi connectivity index (χ0n) is 22.8. The predicted molar refractivity (Wildman–Crippen MR) is 149 cm³/mol. The number of fused-ring (bicyclic) bond motifs is 1. The van der Waals surface area contributed by atoms with Crippen LogP contribution in [0, 0.1) is 6.92 Å². The number of ether oxygens (including phenoxy) is 1. The molecule has 0 spiro atoms. The van der Waals surface area contributed by atoms with Crippen molar-refractivity contribution >= 4 is 49.9 Å². The maximum absolute atomic E-state index is 13.5. The zero-order chi connectivity index (χ0) is 30.4. The Morgan fingerprint density at radius 3 is 2.64 bits per heavy atom. The first-order chi connectivity index (χ1) is 19.8. The van der Waals surface area contributed by atoms with Crippen LogP contribution in [0.15, 0.2) is 35.2 Å². The number of amides is 2. The summed E-state index contributed by atoms with van der Waals surface area (Å²) < 4.78 is 74.3. The summed E-state index contributed by atoms with van der Waals surface area (Å²) in [7, 11) is -4.22. The van der Waals surface area contributed by atoms with Crippen molar-refractivity contribution in [2.75, 3.05) is 36.5 Å². The fourth-order valence-corrected chi connectivity index (χ4v) is 7.04. The van der Waals surface area contributed by atoms with Gasteiger partial charge in [0.2, 0.25) is 10.0 Å². The molecule has 1 saturated heterocycles. The molecule has 2 N–H and O–H groups in total. The van der Waals surface area contributed by atoms with Crippen LogP contribution in [-0.4, -0.2) is 73.6 Å². The second kappa shape index (κ2) is 11.2. The third kappa shape index (κ3) is 5.71. The summed E-state index contributed by atoms with van der Waals surface area (Å²) in [5.74, 6) is -0.342. The smallest absolute Gasteiger partial charge is 0.370 e. The van der Waals surface area contributed by atoms with Gasteiger partial charge in [0.05, 0.1) is 34.2 Å². The van der Waals surface area contributed by atoms with Gasteiger partial charge in [-0.1, -0.05) is 24.3 Å². The monoisotopic (exact) mass is 624 g/mol. The molecule has 5 rings (SSSR count). The molecule has 0 bridgehead atoms. The highest BCUT2D eigenvalue weighted by Gasteiger charge is 2.46. The van der Waals surface area contributed by atoms with Crippen molar-refractivity contribution in [2.24, 2.45) is 0 Å². The number of hydrogen-bond donors (Lipinski definition) is 2. The third-order valence-corrected chi connectivity index (χ3v) is 9.55. The van der Waals surface area contributed by atoms with E-state index < -0.39 is 34.7 Å². The van der Waals surface area contributed by atoms with Gasteiger partial charge in [0.15, 0.2) is 5.13 Å². The second-order valence-corrected chi connectivity index (χ2v) is 12.4. The van der Waals surface area contributed by atoms with Crippen molar-refractivity contribution in [1.29, 1.82) is 0 Å². The van der Waals surface area contributed by atoms with Crippen LogP contribution in [0.2, 0.25) is 0 Å². The van der Waals surface area contributed by atoms with Gasteiger partial charge in [0.1, 0.15) is 24.3 Å². The van der Waals surface area contributed by atoms with Gasteiger partial charge >= 0.3 is 6.18 Å². The van der Waals surface area contributed by atoms with E-state index in [4.69, 9.17) is 4.74 Å². The van der Waals surface area contributed by atoms with Crippen molar-refractivity contribution in [3.05, 3.63) is 47.2 Å². The largest absolute Gasteiger partial charge is 0.408 e. The molecule has 0 unspecified atom stereocenters. The summed E-state index contributed by atoms with van der Waals surface area (Å²) >= 11 is 1.18. The molecule has 2 aromatic heterocycles. The summed E-state index contributed by atoms with van der Waals surface area (Å²) in [5.41, 5.74) is 0.828. The van der Waals surface area contributed by atoms with Gasteiger partial charge in [-0.25, -0.2) is 23.1 Å². The fourth-order valence-electron chi connectivity index (χ4n) is 4.77. The van der Waals surface area contributed by atoms with Crippen molar-refractivity contribution in [2.45, 2.75) is 44.4 Å². The van der Waals surface area contributed by atoms with Crippen LogP contribution in [0.1, 0.15) is 35.5 Å². The normalized spacial score (nSPS) is 16.6. The molecule has 42 heavy (non-hydrogen) atoms. The second-order valence-electron chi connectivity index (χ2n) is 9.70. The lowest BCUT2D eigenvalue weighted by atomic mass is 10.0. The number of morpholine rings is 1. The van der Waals surface area contributed by atoms with Crippen LogP contribution >= 0.6 is 11.3 Å². The lowest BCUT2D eigenvalue weighted by molar-refractivity contribution is -0.172. The van der Waals surface area contributed by atoms with E-state index in [0.29, 0.717) is 51.0 Å². The zero-order valence-corrected chi connectivity index (χ0v) is 24.4. The highest BCUT2D eigenvalue weighted by Crippen LogP contribution is 2.41. The number of alkyl halides is 3. The van der Waals surface area contributed by atoms with Gasteiger partial charge in [-0.05, 0) is 49.2 Å². The molecule has 3 aromatic rings. The van der Waals surface area contributed by atoms with Gasteiger partial charge < -0.3 is 15.0 Å². The lowest BCUT2D eigenvalue weighted by Crippen LogP contribution is -2.43. The van der Waals surface area contributed by atoms with Crippen molar-refractivity contribution < 1.29 is 35.9 Å². The number of halogens is 3. The SMILES string of the molecule is CCNS(=O)(=O)c1cc(-c2sc(Nc3cccc(N4CCOCC4=O)n3)nc2C)cc2c1C(=O)N([C@@H](C)C(F)(F)F)C2. The number of aromatic nitrogens is 2. The Morgan fingerprint density at radius 1 is 1.19 bits per heavy atom. The van der Waals surface area contributed by atoms with Crippen LogP contribution in [-0.2, 0) is 26.1 Å². The van der Waals surface area contributed by atoms with E-state index in [1.54, 1.807) is 32.0 Å². The fraction of sp³-hybridized carbons (Fsp3) is 0.385. The molecular weight excluding hydrogens is 597 g/mol. The number of rotatable bonds is 8. The molecule has 1 atom stereocenters. The van der Waals surface area contributed by atoms with E-state index in [-0.39, 0.29) is 35.1 Å². The first-order valence-corrected chi connectivity index (χ1v) is 15.2.